The number of unbranched alkanes of at least 4 members (excludes halogenated alkanes) is 3. The molecule has 6 heterocycles. The summed E-state index contributed by atoms with van der Waals surface area (Å²) in [5.74, 6) is 0. The van der Waals surface area contributed by atoms with Gasteiger partial charge in [-0.2, -0.15) is 0 Å². The van der Waals surface area contributed by atoms with E-state index in [1.807, 2.05) is 22.7 Å². The Hall–Kier alpha value is -1.50. The van der Waals surface area contributed by atoms with Crippen molar-refractivity contribution in [2.45, 2.75) is 150 Å². The van der Waals surface area contributed by atoms with Gasteiger partial charge in [-0.1, -0.05) is 76.6 Å². The molecular formula is C41H56B2O4S2Si2. The first-order chi connectivity index (χ1) is 23.6. The molecule has 0 N–H and O–H groups in total. The highest BCUT2D eigenvalue weighted by Gasteiger charge is 2.55. The van der Waals surface area contributed by atoms with Crippen molar-refractivity contribution in [1.29, 1.82) is 0 Å². The highest BCUT2D eigenvalue weighted by molar-refractivity contribution is 7.30. The topological polar surface area (TPSA) is 36.9 Å². The van der Waals surface area contributed by atoms with Gasteiger partial charge in [0.1, 0.15) is 16.1 Å². The molecule has 2 fully saturated rings. The molecule has 2 aromatic carbocycles. The average Bonchev–Trinajstić information content (AvgIpc) is 3.81. The third kappa shape index (κ3) is 5.17. The first kappa shape index (κ1) is 36.5. The molecule has 0 aliphatic carbocycles. The summed E-state index contributed by atoms with van der Waals surface area (Å²) in [6.07, 6.45) is 6.20. The highest BCUT2D eigenvalue weighted by atomic mass is 32.1. The summed E-state index contributed by atoms with van der Waals surface area (Å²) in [6, 6.07) is 10.2. The van der Waals surface area contributed by atoms with E-state index in [9.17, 15) is 0 Å². The first-order valence-corrected chi connectivity index (χ1v) is 26.9. The zero-order chi connectivity index (χ0) is 36.8. The SMILES string of the molecule is CCCCCCc1cc2c3c(c(C)cc2c2c1-c1sc(B4OC(C)(C)C(C)(C)O4)cc1[Si]2(C)C)-c1sc(B2OC(C)(C)C(C)(C)O2)cc1[Si]3(C)C. The van der Waals surface area contributed by atoms with Crippen molar-refractivity contribution in [2.75, 3.05) is 0 Å². The van der Waals surface area contributed by atoms with E-state index in [0.717, 1.165) is 6.42 Å². The van der Waals surface area contributed by atoms with Gasteiger partial charge < -0.3 is 18.6 Å². The molecule has 0 atom stereocenters. The smallest absolute Gasteiger partial charge is 0.399 e. The van der Waals surface area contributed by atoms with Crippen LogP contribution in [0.3, 0.4) is 0 Å². The number of hydrogen-bond acceptors (Lipinski definition) is 6. The highest BCUT2D eigenvalue weighted by Crippen LogP contribution is 2.45. The fraction of sp³-hybridized carbons (Fsp3) is 0.561. The first-order valence-electron chi connectivity index (χ1n) is 19.3. The normalized spacial score (nSPS) is 22.5. The Balaban J connectivity index is 1.29. The van der Waals surface area contributed by atoms with Crippen LogP contribution >= 0.6 is 22.7 Å². The summed E-state index contributed by atoms with van der Waals surface area (Å²) in [5.41, 5.74) is 4.62. The molecule has 0 spiro atoms. The Morgan fingerprint density at radius 1 is 0.588 bits per heavy atom. The van der Waals surface area contributed by atoms with Gasteiger partial charge in [0, 0.05) is 19.3 Å². The molecule has 10 heteroatoms. The van der Waals surface area contributed by atoms with E-state index in [1.165, 1.54) is 66.9 Å². The molecule has 8 rings (SSSR count). The molecule has 0 unspecified atom stereocenters. The van der Waals surface area contributed by atoms with E-state index >= 15 is 0 Å². The van der Waals surface area contributed by atoms with Gasteiger partial charge in [-0.05, 0) is 129 Å². The minimum absolute atomic E-state index is 0.314. The number of thiophene rings is 2. The Kier molecular flexibility index (Phi) is 8.23. The Labute approximate surface area is 317 Å². The number of rotatable bonds is 7. The van der Waals surface area contributed by atoms with E-state index in [1.54, 1.807) is 31.9 Å². The van der Waals surface area contributed by atoms with Crippen LogP contribution < -0.4 is 30.3 Å². The number of fused-ring (bicyclic) bond motifs is 9. The van der Waals surface area contributed by atoms with Crippen molar-refractivity contribution in [3.63, 3.8) is 0 Å². The lowest BCUT2D eigenvalue weighted by atomic mass is 9.88. The summed E-state index contributed by atoms with van der Waals surface area (Å²) in [7, 11) is -4.76. The molecule has 51 heavy (non-hydrogen) atoms. The summed E-state index contributed by atoms with van der Waals surface area (Å²) in [6.45, 7) is 32.3. The van der Waals surface area contributed by atoms with Gasteiger partial charge in [0.05, 0.1) is 22.4 Å². The molecular weight excluding hydrogens is 698 g/mol. The lowest BCUT2D eigenvalue weighted by molar-refractivity contribution is 0.00578. The van der Waals surface area contributed by atoms with Gasteiger partial charge >= 0.3 is 14.2 Å². The quantitative estimate of drug-likeness (QED) is 0.144. The van der Waals surface area contributed by atoms with E-state index in [-0.39, 0.29) is 36.6 Å². The zero-order valence-corrected chi connectivity index (χ0v) is 37.1. The summed E-state index contributed by atoms with van der Waals surface area (Å²) >= 11 is 3.85. The fourth-order valence-corrected chi connectivity index (χ4v) is 20.1. The van der Waals surface area contributed by atoms with E-state index in [4.69, 9.17) is 18.6 Å². The van der Waals surface area contributed by atoms with Crippen LogP contribution in [0.4, 0.5) is 0 Å². The predicted molar refractivity (Wildman–Crippen MR) is 228 cm³/mol. The third-order valence-corrected chi connectivity index (χ3v) is 23.3. The molecule has 4 aliphatic heterocycles. The van der Waals surface area contributed by atoms with Crippen LogP contribution in [0.2, 0.25) is 26.2 Å². The van der Waals surface area contributed by atoms with Crippen LogP contribution in [0.15, 0.2) is 24.3 Å². The number of hydrogen-bond donors (Lipinski definition) is 0. The third-order valence-electron chi connectivity index (χ3n) is 13.5. The largest absolute Gasteiger partial charge is 0.505 e. The second-order valence-electron chi connectivity index (χ2n) is 18.8. The van der Waals surface area contributed by atoms with E-state index < -0.39 is 16.1 Å². The zero-order valence-electron chi connectivity index (χ0n) is 33.4. The van der Waals surface area contributed by atoms with Crippen LogP contribution in [0.5, 0.6) is 0 Å². The van der Waals surface area contributed by atoms with E-state index in [2.05, 4.69) is 120 Å². The monoisotopic (exact) mass is 754 g/mol. The van der Waals surface area contributed by atoms with Crippen molar-refractivity contribution < 1.29 is 18.6 Å². The van der Waals surface area contributed by atoms with Crippen molar-refractivity contribution >= 4 is 94.1 Å². The second kappa shape index (κ2) is 11.5. The van der Waals surface area contributed by atoms with Crippen molar-refractivity contribution in [1.82, 2.24) is 0 Å². The molecule has 4 aliphatic rings. The van der Waals surface area contributed by atoms with Gasteiger partial charge in [-0.3, -0.25) is 0 Å². The Bertz CT molecular complexity index is 2080. The summed E-state index contributed by atoms with van der Waals surface area (Å²) < 4.78 is 28.8. The number of benzene rings is 2. The van der Waals surface area contributed by atoms with Crippen LogP contribution in [-0.2, 0) is 25.0 Å². The Morgan fingerprint density at radius 2 is 1.02 bits per heavy atom. The van der Waals surface area contributed by atoms with Gasteiger partial charge in [0.25, 0.3) is 0 Å². The lowest BCUT2D eigenvalue weighted by Gasteiger charge is -2.32. The van der Waals surface area contributed by atoms with Gasteiger partial charge in [0.15, 0.2) is 0 Å². The van der Waals surface area contributed by atoms with Gasteiger partial charge in [0.2, 0.25) is 0 Å². The average molecular weight is 755 g/mol. The molecule has 0 saturated carbocycles. The maximum atomic E-state index is 6.60. The molecule has 4 aromatic rings. The molecule has 0 radical (unpaired) electrons. The second-order valence-corrected chi connectivity index (χ2v) is 29.6. The predicted octanol–water partition coefficient (Wildman–Crippen LogP) is 7.60. The van der Waals surface area contributed by atoms with Crippen molar-refractivity contribution in [3.8, 4) is 20.9 Å². The molecule has 0 bridgehead atoms. The van der Waals surface area contributed by atoms with Gasteiger partial charge in [-0.15, -0.1) is 22.7 Å². The lowest BCUT2D eigenvalue weighted by Crippen LogP contribution is -2.52. The minimum Gasteiger partial charge on any atom is -0.399 e. The number of aryl methyl sites for hydroxylation is 2. The van der Waals surface area contributed by atoms with Gasteiger partial charge in [-0.25, -0.2) is 0 Å². The maximum Gasteiger partial charge on any atom is 0.505 e. The molecule has 0 amide bonds. The Morgan fingerprint density at radius 3 is 1.49 bits per heavy atom. The molecule has 2 aromatic heterocycles. The van der Waals surface area contributed by atoms with Crippen LogP contribution in [0.1, 0.15) is 99.1 Å². The van der Waals surface area contributed by atoms with Crippen LogP contribution in [-0.4, -0.2) is 52.8 Å². The summed E-state index contributed by atoms with van der Waals surface area (Å²) in [4.78, 5) is 2.94. The van der Waals surface area contributed by atoms with Crippen molar-refractivity contribution in [3.05, 3.63) is 35.4 Å². The van der Waals surface area contributed by atoms with Crippen LogP contribution in [0.25, 0.3) is 31.7 Å². The van der Waals surface area contributed by atoms with E-state index in [0.29, 0.717) is 0 Å². The minimum atomic E-state index is -2.07. The maximum absolute atomic E-state index is 6.60. The van der Waals surface area contributed by atoms with Crippen molar-refractivity contribution in [2.24, 2.45) is 0 Å². The molecule has 2 saturated heterocycles. The summed E-state index contributed by atoms with van der Waals surface area (Å²) in [5, 5.41) is 9.47. The molecule has 4 nitrogen and oxygen atoms in total. The standard InChI is InChI=1S/C41H56B2O4S2Si2/c1-15-16-17-18-19-25-21-27-26(37-33(25)35-29(51(37,13)14)23-31(49-35)43-46-40(7,8)41(9,10)47-43)20-24(2)32-34-28(50(11,12)36(27)32)22-30(48-34)42-44-38(3,4)39(5,6)45-42/h20-23H,15-19H2,1-14H3. The fourth-order valence-electron chi connectivity index (χ4n) is 9.06. The van der Waals surface area contributed by atoms with Crippen LogP contribution in [0, 0.1) is 6.92 Å². The molecule has 270 valence electrons.